The van der Waals surface area contributed by atoms with Gasteiger partial charge in [0, 0.05) is 16.5 Å². The third kappa shape index (κ3) is 1.70. The Bertz CT molecular complexity index is 614. The number of benzene rings is 2. The Morgan fingerprint density at radius 1 is 0.947 bits per heavy atom. The van der Waals surface area contributed by atoms with Crippen molar-refractivity contribution in [2.24, 2.45) is 0 Å². The minimum absolute atomic E-state index is 0.0134. The van der Waals surface area contributed by atoms with Gasteiger partial charge in [-0.05, 0) is 25.0 Å². The molecule has 0 saturated heterocycles. The van der Waals surface area contributed by atoms with Crippen LogP contribution < -0.4 is 10.2 Å². The van der Waals surface area contributed by atoms with Gasteiger partial charge < -0.3 is 4.74 Å². The fourth-order valence-electron chi connectivity index (χ4n) is 3.24. The van der Waals surface area contributed by atoms with Gasteiger partial charge in [0.1, 0.15) is 19.3 Å². The fourth-order valence-corrected chi connectivity index (χ4v) is 3.24. The van der Waals surface area contributed by atoms with E-state index in [1.807, 2.05) is 18.2 Å². The van der Waals surface area contributed by atoms with Crippen LogP contribution in [-0.2, 0) is 5.41 Å². The third-order valence-corrected chi connectivity index (χ3v) is 4.35. The van der Waals surface area contributed by atoms with Crippen LogP contribution in [0.4, 0.5) is 0 Å². The molecule has 0 fully saturated rings. The summed E-state index contributed by atoms with van der Waals surface area (Å²) < 4.78 is 6.04. The van der Waals surface area contributed by atoms with E-state index in [9.17, 15) is 0 Å². The molecule has 1 nitrogen and oxygen atoms in total. The van der Waals surface area contributed by atoms with Gasteiger partial charge in [0.25, 0.3) is 0 Å². The molecule has 2 radical (unpaired) electrons. The Morgan fingerprint density at radius 2 is 1.63 bits per heavy atom. The first kappa shape index (κ1) is 12.3. The van der Waals surface area contributed by atoms with Crippen molar-refractivity contribution in [2.45, 2.75) is 32.1 Å². The number of para-hydroxylation sites is 1. The topological polar surface area (TPSA) is 9.23 Å². The van der Waals surface area contributed by atoms with E-state index in [1.54, 1.807) is 0 Å². The normalized spacial score (nSPS) is 15.3. The number of hydrogen-bond donors (Lipinski definition) is 0. The second-order valence-corrected chi connectivity index (χ2v) is 5.14. The van der Waals surface area contributed by atoms with Crippen LogP contribution in [0.2, 0.25) is 0 Å². The summed E-state index contributed by atoms with van der Waals surface area (Å²) in [5, 5.41) is 0. The summed E-state index contributed by atoms with van der Waals surface area (Å²) in [5.74, 6) is 1.92. The first-order chi connectivity index (χ1) is 9.21. The Hall–Kier alpha value is -1.70. The lowest BCUT2D eigenvalue weighted by Gasteiger charge is -2.39. The molecular formula is C17H17BO. The molecule has 19 heavy (non-hydrogen) atoms. The average Bonchev–Trinajstić information content (AvgIpc) is 2.45. The van der Waals surface area contributed by atoms with E-state index >= 15 is 0 Å². The first-order valence-corrected chi connectivity index (χ1v) is 6.88. The van der Waals surface area contributed by atoms with Gasteiger partial charge in [-0.15, -0.1) is 0 Å². The lowest BCUT2D eigenvalue weighted by Crippen LogP contribution is -2.31. The highest BCUT2D eigenvalue weighted by Gasteiger charge is 2.39. The van der Waals surface area contributed by atoms with Crippen molar-refractivity contribution in [3.63, 3.8) is 0 Å². The monoisotopic (exact) mass is 248 g/mol. The third-order valence-electron chi connectivity index (χ3n) is 4.35. The van der Waals surface area contributed by atoms with E-state index in [1.165, 1.54) is 11.1 Å². The molecule has 0 amide bonds. The summed E-state index contributed by atoms with van der Waals surface area (Å²) >= 11 is 0. The van der Waals surface area contributed by atoms with Gasteiger partial charge in [-0.1, -0.05) is 49.6 Å². The zero-order chi connectivity index (χ0) is 13.5. The second kappa shape index (κ2) is 4.45. The number of hydrogen-bond acceptors (Lipinski definition) is 1. The van der Waals surface area contributed by atoms with Crippen LogP contribution in [0.1, 0.15) is 37.8 Å². The molecule has 2 heteroatoms. The summed E-state index contributed by atoms with van der Waals surface area (Å²) in [5.41, 5.74) is 3.31. The average molecular weight is 248 g/mol. The van der Waals surface area contributed by atoms with Crippen LogP contribution in [0.3, 0.4) is 0 Å². The number of ether oxygens (including phenoxy) is 1. The van der Waals surface area contributed by atoms with E-state index in [0.717, 1.165) is 29.8 Å². The van der Waals surface area contributed by atoms with Crippen molar-refractivity contribution in [3.05, 3.63) is 53.6 Å². The van der Waals surface area contributed by atoms with Gasteiger partial charge in [-0.25, -0.2) is 0 Å². The lowest BCUT2D eigenvalue weighted by atomic mass is 9.68. The highest BCUT2D eigenvalue weighted by molar-refractivity contribution is 6.32. The Morgan fingerprint density at radius 3 is 2.37 bits per heavy atom. The molecule has 1 aliphatic heterocycles. The predicted molar refractivity (Wildman–Crippen MR) is 79.7 cm³/mol. The summed E-state index contributed by atoms with van der Waals surface area (Å²) in [6, 6.07) is 14.3. The van der Waals surface area contributed by atoms with Gasteiger partial charge >= 0.3 is 0 Å². The molecule has 0 aromatic heterocycles. The minimum atomic E-state index is 0.0134. The molecule has 3 rings (SSSR count). The quantitative estimate of drug-likeness (QED) is 0.736. The van der Waals surface area contributed by atoms with Crippen LogP contribution in [0.5, 0.6) is 11.5 Å². The van der Waals surface area contributed by atoms with Gasteiger partial charge in [-0.2, -0.15) is 0 Å². The van der Waals surface area contributed by atoms with Crippen molar-refractivity contribution in [1.29, 1.82) is 0 Å². The molecule has 0 atom stereocenters. The SMILES string of the molecule is [B]c1ccc2c(c1)C(CC)(CC)c1ccccc1O2. The second-order valence-electron chi connectivity index (χ2n) is 5.14. The highest BCUT2D eigenvalue weighted by atomic mass is 16.5. The summed E-state index contributed by atoms with van der Waals surface area (Å²) in [6.45, 7) is 4.47. The van der Waals surface area contributed by atoms with E-state index in [0.29, 0.717) is 0 Å². The molecule has 2 aromatic rings. The molecule has 0 spiro atoms. The summed E-state index contributed by atoms with van der Waals surface area (Å²) in [4.78, 5) is 0. The Labute approximate surface area is 116 Å². The largest absolute Gasteiger partial charge is 0.457 e. The van der Waals surface area contributed by atoms with Gasteiger partial charge in [0.15, 0.2) is 0 Å². The maximum atomic E-state index is 6.04. The number of fused-ring (bicyclic) bond motifs is 2. The van der Waals surface area contributed by atoms with Crippen molar-refractivity contribution in [2.75, 3.05) is 0 Å². The zero-order valence-electron chi connectivity index (χ0n) is 11.4. The molecule has 0 bridgehead atoms. The van der Waals surface area contributed by atoms with Crippen molar-refractivity contribution < 1.29 is 4.74 Å². The Kier molecular flexibility index (Phi) is 2.89. The molecule has 0 N–H and O–H groups in total. The smallest absolute Gasteiger partial charge is 0.131 e. The van der Waals surface area contributed by atoms with Gasteiger partial charge in [-0.3, -0.25) is 0 Å². The van der Waals surface area contributed by atoms with Gasteiger partial charge in [0.2, 0.25) is 0 Å². The van der Waals surface area contributed by atoms with Crippen LogP contribution in [-0.4, -0.2) is 7.85 Å². The zero-order valence-corrected chi connectivity index (χ0v) is 11.4. The van der Waals surface area contributed by atoms with E-state index in [4.69, 9.17) is 12.6 Å². The van der Waals surface area contributed by atoms with E-state index in [-0.39, 0.29) is 5.41 Å². The molecule has 2 aromatic carbocycles. The fraction of sp³-hybridized carbons (Fsp3) is 0.294. The first-order valence-electron chi connectivity index (χ1n) is 6.88. The molecule has 1 aliphatic rings. The predicted octanol–water partition coefficient (Wildman–Crippen LogP) is 3.69. The molecule has 0 saturated carbocycles. The van der Waals surface area contributed by atoms with E-state index < -0.39 is 0 Å². The summed E-state index contributed by atoms with van der Waals surface area (Å²) in [7, 11) is 5.98. The van der Waals surface area contributed by atoms with Crippen LogP contribution in [0, 0.1) is 0 Å². The van der Waals surface area contributed by atoms with Crippen LogP contribution in [0.25, 0.3) is 0 Å². The minimum Gasteiger partial charge on any atom is -0.457 e. The Balaban J connectivity index is 2.31. The molecular weight excluding hydrogens is 231 g/mol. The van der Waals surface area contributed by atoms with Gasteiger partial charge in [0.05, 0.1) is 0 Å². The highest BCUT2D eigenvalue weighted by Crippen LogP contribution is 2.51. The van der Waals surface area contributed by atoms with Crippen molar-refractivity contribution in [1.82, 2.24) is 0 Å². The van der Waals surface area contributed by atoms with Crippen molar-refractivity contribution in [3.8, 4) is 11.5 Å². The molecule has 0 aliphatic carbocycles. The molecule has 94 valence electrons. The van der Waals surface area contributed by atoms with E-state index in [2.05, 4.69) is 38.1 Å². The van der Waals surface area contributed by atoms with Crippen LogP contribution in [0.15, 0.2) is 42.5 Å². The molecule has 0 unspecified atom stereocenters. The summed E-state index contributed by atoms with van der Waals surface area (Å²) in [6.07, 6.45) is 2.08. The lowest BCUT2D eigenvalue weighted by molar-refractivity contribution is 0.375. The standard InChI is InChI=1S/C17H17BO/c1-3-17(4-2)13-7-5-6-8-15(13)19-16-10-9-12(18)11-14(16)17/h5-11H,3-4H2,1-2H3. The molecule has 1 heterocycles. The number of rotatable bonds is 2. The van der Waals surface area contributed by atoms with Crippen molar-refractivity contribution >= 4 is 13.3 Å². The van der Waals surface area contributed by atoms with Crippen LogP contribution >= 0.6 is 0 Å². The maximum Gasteiger partial charge on any atom is 0.131 e. The maximum absolute atomic E-state index is 6.04.